The fourth-order valence-electron chi connectivity index (χ4n) is 3.47. The standard InChI is InChI=1S/C22H25N3O6S/c1-3-30-22(26)19-12-15-11-16(31-10-9-29-2)13-18(20(15)24-19)25-32(27,28)21-17(14-6-7-14)5-4-8-23-21/h4-5,8,11-14,24-25H,3,6-7,9-10H2,1-2H3. The molecule has 2 aromatic heterocycles. The van der Waals surface area contributed by atoms with Crippen molar-refractivity contribution in [1.29, 1.82) is 0 Å². The second kappa shape index (κ2) is 9.17. The number of methoxy groups -OCH3 is 1. The number of hydrogen-bond donors (Lipinski definition) is 2. The van der Waals surface area contributed by atoms with E-state index in [1.54, 1.807) is 44.4 Å². The van der Waals surface area contributed by atoms with Crippen LogP contribution in [0.5, 0.6) is 5.75 Å². The molecule has 2 heterocycles. The van der Waals surface area contributed by atoms with Crippen LogP contribution in [-0.4, -0.2) is 51.3 Å². The number of H-pyrrole nitrogens is 1. The van der Waals surface area contributed by atoms with Crippen molar-refractivity contribution in [2.75, 3.05) is 31.7 Å². The van der Waals surface area contributed by atoms with Gasteiger partial charge in [-0.3, -0.25) is 4.72 Å². The maximum absolute atomic E-state index is 13.3. The minimum absolute atomic E-state index is 0.0125. The molecular formula is C22H25N3O6S. The zero-order valence-electron chi connectivity index (χ0n) is 17.9. The molecule has 1 aliphatic carbocycles. The molecule has 2 N–H and O–H groups in total. The molecular weight excluding hydrogens is 434 g/mol. The Bertz CT molecular complexity index is 1230. The lowest BCUT2D eigenvalue weighted by atomic mass is 10.2. The largest absolute Gasteiger partial charge is 0.491 e. The van der Waals surface area contributed by atoms with Crippen LogP contribution in [-0.2, 0) is 19.5 Å². The fourth-order valence-corrected chi connectivity index (χ4v) is 4.76. The van der Waals surface area contributed by atoms with Crippen molar-refractivity contribution in [1.82, 2.24) is 9.97 Å². The summed E-state index contributed by atoms with van der Waals surface area (Å²) in [5, 5.41) is 0.614. The van der Waals surface area contributed by atoms with E-state index in [0.29, 0.717) is 28.8 Å². The number of benzene rings is 1. The summed E-state index contributed by atoms with van der Waals surface area (Å²) in [6.45, 7) is 2.60. The number of esters is 1. The Hall–Kier alpha value is -3.11. The van der Waals surface area contributed by atoms with E-state index in [9.17, 15) is 13.2 Å². The number of nitrogens with zero attached hydrogens (tertiary/aromatic N) is 1. The molecule has 170 valence electrons. The van der Waals surface area contributed by atoms with Crippen molar-refractivity contribution in [3.05, 3.63) is 47.8 Å². The summed E-state index contributed by atoms with van der Waals surface area (Å²) < 4.78 is 44.9. The second-order valence-corrected chi connectivity index (χ2v) is 9.06. The summed E-state index contributed by atoms with van der Waals surface area (Å²) in [6.07, 6.45) is 3.36. The van der Waals surface area contributed by atoms with Crippen LogP contribution in [0, 0.1) is 0 Å². The van der Waals surface area contributed by atoms with Gasteiger partial charge in [0, 0.05) is 24.8 Å². The van der Waals surface area contributed by atoms with Crippen LogP contribution in [0.25, 0.3) is 10.9 Å². The molecule has 3 aromatic rings. The third kappa shape index (κ3) is 4.71. The lowest BCUT2D eigenvalue weighted by Crippen LogP contribution is -2.17. The Labute approximate surface area is 186 Å². The highest BCUT2D eigenvalue weighted by molar-refractivity contribution is 7.92. The first-order valence-electron chi connectivity index (χ1n) is 10.4. The number of ether oxygens (including phenoxy) is 3. The topological polar surface area (TPSA) is 120 Å². The molecule has 10 heteroatoms. The van der Waals surface area contributed by atoms with Gasteiger partial charge in [0.25, 0.3) is 10.0 Å². The molecule has 32 heavy (non-hydrogen) atoms. The number of aromatic amines is 1. The SMILES string of the molecule is CCOC(=O)c1cc2cc(OCCOC)cc(NS(=O)(=O)c3ncccc3C3CC3)c2[nH]1. The van der Waals surface area contributed by atoms with Gasteiger partial charge in [-0.05, 0) is 49.4 Å². The number of pyridine rings is 1. The maximum atomic E-state index is 13.3. The Balaban J connectivity index is 1.74. The summed E-state index contributed by atoms with van der Waals surface area (Å²) in [7, 11) is -2.42. The zero-order chi connectivity index (χ0) is 22.7. The molecule has 0 radical (unpaired) electrons. The third-order valence-electron chi connectivity index (χ3n) is 5.07. The van der Waals surface area contributed by atoms with Gasteiger partial charge in [-0.2, -0.15) is 8.42 Å². The van der Waals surface area contributed by atoms with Gasteiger partial charge in [-0.15, -0.1) is 0 Å². The quantitative estimate of drug-likeness (QED) is 0.352. The molecule has 4 rings (SSSR count). The highest BCUT2D eigenvalue weighted by atomic mass is 32.2. The van der Waals surface area contributed by atoms with Crippen molar-refractivity contribution < 1.29 is 27.4 Å². The number of carbonyl (C=O) groups excluding carboxylic acids is 1. The summed E-state index contributed by atoms with van der Waals surface area (Å²) >= 11 is 0. The molecule has 0 amide bonds. The highest BCUT2D eigenvalue weighted by Gasteiger charge is 2.31. The van der Waals surface area contributed by atoms with E-state index < -0.39 is 16.0 Å². The molecule has 1 aromatic carbocycles. The summed E-state index contributed by atoms with van der Waals surface area (Å²) in [5.74, 6) is 0.116. The first-order chi connectivity index (χ1) is 15.4. The van der Waals surface area contributed by atoms with Gasteiger partial charge >= 0.3 is 5.97 Å². The third-order valence-corrected chi connectivity index (χ3v) is 6.41. The average Bonchev–Trinajstić information content (AvgIpc) is 3.52. The number of aromatic nitrogens is 2. The van der Waals surface area contributed by atoms with Gasteiger partial charge < -0.3 is 19.2 Å². The first kappa shape index (κ1) is 22.1. The smallest absolute Gasteiger partial charge is 0.354 e. The van der Waals surface area contributed by atoms with E-state index in [1.807, 2.05) is 0 Å². The first-order valence-corrected chi connectivity index (χ1v) is 11.8. The van der Waals surface area contributed by atoms with Crippen LogP contribution in [0.4, 0.5) is 5.69 Å². The fraction of sp³-hybridized carbons (Fsp3) is 0.364. The predicted octanol–water partition coefficient (Wildman–Crippen LogP) is 3.44. The van der Waals surface area contributed by atoms with Crippen LogP contribution in [0.1, 0.15) is 41.7 Å². The molecule has 1 saturated carbocycles. The molecule has 1 aliphatic rings. The number of nitrogens with one attached hydrogen (secondary N) is 2. The molecule has 0 aliphatic heterocycles. The highest BCUT2D eigenvalue weighted by Crippen LogP contribution is 2.42. The number of sulfonamides is 1. The van der Waals surface area contributed by atoms with Crippen LogP contribution in [0.15, 0.2) is 41.6 Å². The van der Waals surface area contributed by atoms with E-state index >= 15 is 0 Å². The maximum Gasteiger partial charge on any atom is 0.354 e. The van der Waals surface area contributed by atoms with Gasteiger partial charge in [-0.25, -0.2) is 9.78 Å². The van der Waals surface area contributed by atoms with Crippen molar-refractivity contribution in [3.8, 4) is 5.75 Å². The minimum Gasteiger partial charge on any atom is -0.491 e. The van der Waals surface area contributed by atoms with E-state index in [2.05, 4.69) is 14.7 Å². The van der Waals surface area contributed by atoms with E-state index in [-0.39, 0.29) is 35.5 Å². The summed E-state index contributed by atoms with van der Waals surface area (Å²) in [6, 6.07) is 8.43. The van der Waals surface area contributed by atoms with Crippen molar-refractivity contribution in [2.24, 2.45) is 0 Å². The molecule has 0 atom stereocenters. The number of hydrogen-bond acceptors (Lipinski definition) is 7. The van der Waals surface area contributed by atoms with E-state index in [1.165, 1.54) is 6.20 Å². The van der Waals surface area contributed by atoms with Crippen LogP contribution in [0.2, 0.25) is 0 Å². The second-order valence-electron chi connectivity index (χ2n) is 7.46. The van der Waals surface area contributed by atoms with E-state index in [4.69, 9.17) is 14.2 Å². The van der Waals surface area contributed by atoms with Gasteiger partial charge in [-0.1, -0.05) is 6.07 Å². The Kier molecular flexibility index (Phi) is 6.33. The Morgan fingerprint density at radius 2 is 2.06 bits per heavy atom. The number of fused-ring (bicyclic) bond motifs is 1. The summed E-state index contributed by atoms with van der Waals surface area (Å²) in [5.41, 5.74) is 1.62. The van der Waals surface area contributed by atoms with Crippen LogP contribution < -0.4 is 9.46 Å². The zero-order valence-corrected chi connectivity index (χ0v) is 18.7. The van der Waals surface area contributed by atoms with Gasteiger partial charge in [0.05, 0.1) is 24.4 Å². The summed E-state index contributed by atoms with van der Waals surface area (Å²) in [4.78, 5) is 19.3. The Morgan fingerprint density at radius 1 is 1.25 bits per heavy atom. The van der Waals surface area contributed by atoms with Gasteiger partial charge in [0.1, 0.15) is 18.1 Å². The normalized spacial score (nSPS) is 13.8. The van der Waals surface area contributed by atoms with E-state index in [0.717, 1.165) is 12.8 Å². The lowest BCUT2D eigenvalue weighted by molar-refractivity contribution is 0.0520. The Morgan fingerprint density at radius 3 is 2.78 bits per heavy atom. The molecule has 0 spiro atoms. The molecule has 0 bridgehead atoms. The van der Waals surface area contributed by atoms with Crippen LogP contribution >= 0.6 is 0 Å². The lowest BCUT2D eigenvalue weighted by Gasteiger charge is -2.13. The number of rotatable bonds is 10. The number of anilines is 1. The minimum atomic E-state index is -3.98. The molecule has 0 saturated heterocycles. The van der Waals surface area contributed by atoms with Crippen molar-refractivity contribution in [3.63, 3.8) is 0 Å². The molecule has 1 fully saturated rings. The van der Waals surface area contributed by atoms with Crippen molar-refractivity contribution >= 4 is 32.6 Å². The van der Waals surface area contributed by atoms with Gasteiger partial charge in [0.2, 0.25) is 0 Å². The molecule has 9 nitrogen and oxygen atoms in total. The monoisotopic (exact) mass is 459 g/mol. The predicted molar refractivity (Wildman–Crippen MR) is 119 cm³/mol. The molecule has 0 unspecified atom stereocenters. The van der Waals surface area contributed by atoms with Crippen LogP contribution in [0.3, 0.4) is 0 Å². The average molecular weight is 460 g/mol. The van der Waals surface area contributed by atoms with Crippen molar-refractivity contribution in [2.45, 2.75) is 30.7 Å². The van der Waals surface area contributed by atoms with Gasteiger partial charge in [0.15, 0.2) is 5.03 Å². The number of carbonyl (C=O) groups is 1.